The van der Waals surface area contributed by atoms with Gasteiger partial charge in [-0.3, -0.25) is 4.79 Å². The molecule has 124 valence electrons. The number of carbonyl (C=O) groups is 1. The quantitative estimate of drug-likeness (QED) is 0.430. The average Bonchev–Trinajstić information content (AvgIpc) is 3.12. The van der Waals surface area contributed by atoms with Crippen molar-refractivity contribution in [2.75, 3.05) is 0 Å². The number of nitrogens with zero attached hydrogens (tertiary/aromatic N) is 2. The molecule has 0 bridgehead atoms. The smallest absolute Gasteiger partial charge is 0.331 e. The molecule has 2 N–H and O–H groups in total. The summed E-state index contributed by atoms with van der Waals surface area (Å²) in [7, 11) is 0. The minimum Gasteiger partial charge on any atom is -0.493 e. The Labute approximate surface area is 150 Å². The average molecular weight is 398 g/mol. The minimum atomic E-state index is -0.617. The monoisotopic (exact) mass is 397 g/mol. The first kappa shape index (κ1) is 15.6. The maximum absolute atomic E-state index is 12.3. The van der Waals surface area contributed by atoms with Gasteiger partial charge in [-0.05, 0) is 43.3 Å². The second-order valence-electron chi connectivity index (χ2n) is 5.67. The Bertz CT molecular complexity index is 1160. The number of aryl methyl sites for hydroxylation is 1. The van der Waals surface area contributed by atoms with E-state index in [1.165, 1.54) is 0 Å². The van der Waals surface area contributed by atoms with Gasteiger partial charge in [-0.2, -0.15) is 0 Å². The first-order valence-electron chi connectivity index (χ1n) is 7.48. The Morgan fingerprint density at radius 2 is 2.04 bits per heavy atom. The van der Waals surface area contributed by atoms with E-state index in [1.54, 1.807) is 12.1 Å². The van der Waals surface area contributed by atoms with Gasteiger partial charge in [0.1, 0.15) is 5.58 Å². The van der Waals surface area contributed by atoms with E-state index < -0.39 is 5.91 Å². The second-order valence-corrected chi connectivity index (χ2v) is 6.58. The zero-order chi connectivity index (χ0) is 17.6. The minimum absolute atomic E-state index is 0.0901. The van der Waals surface area contributed by atoms with Crippen molar-refractivity contribution >= 4 is 49.4 Å². The van der Waals surface area contributed by atoms with E-state index in [2.05, 4.69) is 31.1 Å². The van der Waals surface area contributed by atoms with Gasteiger partial charge in [-0.1, -0.05) is 27.6 Å². The van der Waals surface area contributed by atoms with E-state index in [0.29, 0.717) is 11.0 Å². The highest BCUT2D eigenvalue weighted by atomic mass is 79.9. The number of aromatic hydroxyl groups is 1. The van der Waals surface area contributed by atoms with Gasteiger partial charge in [-0.15, -0.1) is 10.2 Å². The number of hydrogen-bond donors (Lipinski definition) is 2. The second kappa shape index (κ2) is 5.86. The van der Waals surface area contributed by atoms with Crippen LogP contribution in [0, 0.1) is 6.92 Å². The molecule has 2 aromatic carbocycles. The van der Waals surface area contributed by atoms with Gasteiger partial charge in [0.2, 0.25) is 5.88 Å². The van der Waals surface area contributed by atoms with Crippen LogP contribution in [-0.4, -0.2) is 16.0 Å². The lowest BCUT2D eigenvalue weighted by Crippen LogP contribution is -1.89. The number of benzene rings is 2. The molecule has 4 aromatic rings. The van der Waals surface area contributed by atoms with E-state index in [4.69, 9.17) is 4.42 Å². The molecular weight excluding hydrogens is 386 g/mol. The fraction of sp³-hybridized carbons (Fsp3) is 0.0556. The van der Waals surface area contributed by atoms with Crippen molar-refractivity contribution < 1.29 is 14.3 Å². The van der Waals surface area contributed by atoms with Crippen LogP contribution in [0.5, 0.6) is 5.88 Å². The topological polar surface area (TPSA) is 91.0 Å². The number of fused-ring (bicyclic) bond motifs is 2. The standard InChI is InChI=1S/C18H12BrN3O3/c1-9-2-4-13-12(6-9)16(18(24)20-13)21-22-17(23)15-8-10-7-11(19)3-5-14(10)25-15/h2-8,20,24H,1H3. The molecular formula is C18H12BrN3O3. The molecule has 0 radical (unpaired) electrons. The Hall–Kier alpha value is -2.93. The molecule has 7 heteroatoms. The molecule has 25 heavy (non-hydrogen) atoms. The van der Waals surface area contributed by atoms with E-state index in [9.17, 15) is 9.90 Å². The van der Waals surface area contributed by atoms with Crippen molar-refractivity contribution in [3.05, 3.63) is 58.3 Å². The van der Waals surface area contributed by atoms with Gasteiger partial charge >= 0.3 is 5.91 Å². The summed E-state index contributed by atoms with van der Waals surface area (Å²) in [6.45, 7) is 1.93. The van der Waals surface area contributed by atoms with Gasteiger partial charge in [0.15, 0.2) is 11.4 Å². The van der Waals surface area contributed by atoms with E-state index in [-0.39, 0.29) is 17.3 Å². The first-order chi connectivity index (χ1) is 12.0. The number of rotatable bonds is 2. The van der Waals surface area contributed by atoms with Crippen LogP contribution in [0.25, 0.3) is 21.9 Å². The molecule has 0 spiro atoms. The molecule has 0 saturated carbocycles. The van der Waals surface area contributed by atoms with Gasteiger partial charge in [0, 0.05) is 15.2 Å². The van der Waals surface area contributed by atoms with Crippen LogP contribution in [0.15, 0.2) is 61.6 Å². The van der Waals surface area contributed by atoms with Crippen LogP contribution in [-0.2, 0) is 0 Å². The van der Waals surface area contributed by atoms with Crippen LogP contribution in [0.4, 0.5) is 5.69 Å². The van der Waals surface area contributed by atoms with Gasteiger partial charge < -0.3 is 14.5 Å². The van der Waals surface area contributed by atoms with Gasteiger partial charge in [-0.25, -0.2) is 0 Å². The highest BCUT2D eigenvalue weighted by molar-refractivity contribution is 9.10. The number of nitrogens with one attached hydrogen (secondary N) is 1. The number of azo groups is 1. The fourth-order valence-electron chi connectivity index (χ4n) is 2.64. The van der Waals surface area contributed by atoms with Crippen LogP contribution in [0.2, 0.25) is 0 Å². The van der Waals surface area contributed by atoms with E-state index in [1.807, 2.05) is 37.3 Å². The Balaban J connectivity index is 1.70. The highest BCUT2D eigenvalue weighted by Gasteiger charge is 2.14. The molecule has 6 nitrogen and oxygen atoms in total. The predicted octanol–water partition coefficient (Wildman–Crippen LogP) is 5.61. The van der Waals surface area contributed by atoms with Crippen molar-refractivity contribution in [2.45, 2.75) is 6.92 Å². The number of furan rings is 1. The lowest BCUT2D eigenvalue weighted by Gasteiger charge is -1.93. The van der Waals surface area contributed by atoms with E-state index >= 15 is 0 Å². The third-order valence-corrected chi connectivity index (χ3v) is 4.33. The molecule has 0 aliphatic carbocycles. The van der Waals surface area contributed by atoms with E-state index in [0.717, 1.165) is 20.9 Å². The molecule has 2 heterocycles. The van der Waals surface area contributed by atoms with Crippen LogP contribution >= 0.6 is 15.9 Å². The van der Waals surface area contributed by atoms with Crippen molar-refractivity contribution in [3.8, 4) is 5.88 Å². The van der Waals surface area contributed by atoms with Crippen molar-refractivity contribution in [1.82, 2.24) is 4.98 Å². The molecule has 0 aliphatic heterocycles. The summed E-state index contributed by atoms with van der Waals surface area (Å²) in [5.74, 6) is -0.660. The molecule has 0 atom stereocenters. The maximum atomic E-state index is 12.3. The summed E-state index contributed by atoms with van der Waals surface area (Å²) >= 11 is 3.37. The number of H-pyrrole nitrogens is 1. The lowest BCUT2D eigenvalue weighted by atomic mass is 10.2. The molecule has 0 fully saturated rings. The highest BCUT2D eigenvalue weighted by Crippen LogP contribution is 2.36. The SMILES string of the molecule is Cc1ccc2[nH]c(O)c(N=NC(=O)c3cc4cc(Br)ccc4o3)c2c1. The number of amides is 1. The van der Waals surface area contributed by atoms with Crippen LogP contribution < -0.4 is 0 Å². The predicted molar refractivity (Wildman–Crippen MR) is 97.5 cm³/mol. The normalized spacial score (nSPS) is 11.8. The Morgan fingerprint density at radius 1 is 1.20 bits per heavy atom. The third kappa shape index (κ3) is 2.83. The number of aromatic amines is 1. The summed E-state index contributed by atoms with van der Waals surface area (Å²) in [5, 5.41) is 19.1. The van der Waals surface area contributed by atoms with Crippen molar-refractivity contribution in [1.29, 1.82) is 0 Å². The Kier molecular flexibility index (Phi) is 3.65. The molecule has 0 aliphatic rings. The number of carbonyl (C=O) groups excluding carboxylic acids is 1. The van der Waals surface area contributed by atoms with Gasteiger partial charge in [0.25, 0.3) is 0 Å². The molecule has 0 saturated heterocycles. The molecule has 2 aromatic heterocycles. The number of aromatic nitrogens is 1. The number of halogens is 1. The Morgan fingerprint density at radius 3 is 2.88 bits per heavy atom. The summed E-state index contributed by atoms with van der Waals surface area (Å²) < 4.78 is 6.39. The lowest BCUT2D eigenvalue weighted by molar-refractivity contribution is 0.0970. The fourth-order valence-corrected chi connectivity index (χ4v) is 3.02. The van der Waals surface area contributed by atoms with Crippen LogP contribution in [0.3, 0.4) is 0 Å². The number of hydrogen-bond acceptors (Lipinski definition) is 4. The summed E-state index contributed by atoms with van der Waals surface area (Å²) in [5.41, 5.74) is 2.55. The molecule has 1 amide bonds. The van der Waals surface area contributed by atoms with Crippen molar-refractivity contribution in [3.63, 3.8) is 0 Å². The zero-order valence-corrected chi connectivity index (χ0v) is 14.7. The van der Waals surface area contributed by atoms with Crippen molar-refractivity contribution in [2.24, 2.45) is 10.2 Å². The maximum Gasteiger partial charge on any atom is 0.331 e. The molecule has 0 unspecified atom stereocenters. The van der Waals surface area contributed by atoms with Crippen LogP contribution in [0.1, 0.15) is 16.1 Å². The summed E-state index contributed by atoms with van der Waals surface area (Å²) in [6, 6.07) is 12.7. The third-order valence-electron chi connectivity index (χ3n) is 3.84. The molecule has 4 rings (SSSR count). The summed E-state index contributed by atoms with van der Waals surface area (Å²) in [4.78, 5) is 15.1. The largest absolute Gasteiger partial charge is 0.493 e. The van der Waals surface area contributed by atoms with Gasteiger partial charge in [0.05, 0.1) is 5.52 Å². The zero-order valence-electron chi connectivity index (χ0n) is 13.1. The first-order valence-corrected chi connectivity index (χ1v) is 8.27. The summed E-state index contributed by atoms with van der Waals surface area (Å²) in [6.07, 6.45) is 0.